The second-order valence-electron chi connectivity index (χ2n) is 5.27. The number of carbonyl (C=O) groups excluding carboxylic acids is 2. The first-order valence-corrected chi connectivity index (χ1v) is 7.62. The fourth-order valence-electron chi connectivity index (χ4n) is 2.15. The summed E-state index contributed by atoms with van der Waals surface area (Å²) in [7, 11) is 0. The van der Waals surface area contributed by atoms with Crippen LogP contribution >= 0.6 is 0 Å². The number of hydrogen-bond donors (Lipinski definition) is 1. The van der Waals surface area contributed by atoms with Gasteiger partial charge in [-0.3, -0.25) is 9.59 Å². The van der Waals surface area contributed by atoms with Crippen LogP contribution in [0.3, 0.4) is 0 Å². The fourth-order valence-corrected chi connectivity index (χ4v) is 2.15. The van der Waals surface area contributed by atoms with E-state index in [1.807, 2.05) is 45.0 Å². The molecule has 2 amide bonds. The lowest BCUT2D eigenvalue weighted by Crippen LogP contribution is -2.47. The summed E-state index contributed by atoms with van der Waals surface area (Å²) < 4.78 is 0. The van der Waals surface area contributed by atoms with Crippen LogP contribution in [0.5, 0.6) is 0 Å². The maximum atomic E-state index is 12.2. The number of aryl methyl sites for hydroxylation is 1. The lowest BCUT2D eigenvalue weighted by atomic mass is 10.1. The van der Waals surface area contributed by atoms with Crippen molar-refractivity contribution in [1.82, 2.24) is 10.2 Å². The van der Waals surface area contributed by atoms with Gasteiger partial charge >= 0.3 is 0 Å². The maximum absolute atomic E-state index is 12.2. The van der Waals surface area contributed by atoms with Gasteiger partial charge in [-0.15, -0.1) is 0 Å². The number of amides is 2. The average molecular weight is 290 g/mol. The van der Waals surface area contributed by atoms with Gasteiger partial charge < -0.3 is 10.2 Å². The fraction of sp³-hybridized carbons (Fsp3) is 0.529. The number of nitrogens with zero attached hydrogens (tertiary/aromatic N) is 1. The minimum atomic E-state index is -0.455. The quantitative estimate of drug-likeness (QED) is 0.839. The first-order valence-electron chi connectivity index (χ1n) is 7.62. The summed E-state index contributed by atoms with van der Waals surface area (Å²) in [6.45, 7) is 8.75. The minimum absolute atomic E-state index is 0.00241. The summed E-state index contributed by atoms with van der Waals surface area (Å²) in [5.74, 6) is -0.0929. The van der Waals surface area contributed by atoms with Gasteiger partial charge in [-0.2, -0.15) is 0 Å². The predicted molar refractivity (Wildman–Crippen MR) is 84.8 cm³/mol. The number of benzene rings is 1. The van der Waals surface area contributed by atoms with E-state index in [9.17, 15) is 9.59 Å². The molecule has 0 bridgehead atoms. The van der Waals surface area contributed by atoms with Gasteiger partial charge in [0.25, 0.3) is 0 Å². The Morgan fingerprint density at radius 1 is 1.24 bits per heavy atom. The molecule has 21 heavy (non-hydrogen) atoms. The van der Waals surface area contributed by atoms with Crippen molar-refractivity contribution in [2.45, 2.75) is 53.1 Å². The third-order valence-corrected chi connectivity index (χ3v) is 3.62. The highest BCUT2D eigenvalue weighted by atomic mass is 16.2. The van der Waals surface area contributed by atoms with E-state index in [-0.39, 0.29) is 11.8 Å². The van der Waals surface area contributed by atoms with Crippen molar-refractivity contribution in [2.24, 2.45) is 0 Å². The second kappa shape index (κ2) is 8.45. The van der Waals surface area contributed by atoms with Crippen LogP contribution in [0.1, 0.15) is 44.7 Å². The predicted octanol–water partition coefficient (Wildman–Crippen LogP) is 2.65. The van der Waals surface area contributed by atoms with Gasteiger partial charge in [0, 0.05) is 19.5 Å². The molecule has 0 unspecified atom stereocenters. The Labute approximate surface area is 127 Å². The molecule has 0 aliphatic carbocycles. The molecule has 1 aromatic carbocycles. The molecule has 0 saturated carbocycles. The molecule has 116 valence electrons. The van der Waals surface area contributed by atoms with Gasteiger partial charge in [0.15, 0.2) is 0 Å². The topological polar surface area (TPSA) is 49.4 Å². The molecule has 4 nitrogen and oxygen atoms in total. The van der Waals surface area contributed by atoms with E-state index in [4.69, 9.17) is 0 Å². The molecule has 0 heterocycles. The van der Waals surface area contributed by atoms with Crippen LogP contribution in [0.2, 0.25) is 0 Å². The van der Waals surface area contributed by atoms with Crippen LogP contribution in [-0.4, -0.2) is 29.3 Å². The standard InChI is InChI=1S/C17H26N2O2/c1-5-11-18-17(21)14(4)19(16(20)6-2)12-15-10-8-7-9-13(15)3/h7-10,14H,5-6,11-12H2,1-4H3,(H,18,21)/t14-/m1/s1. The van der Waals surface area contributed by atoms with Crippen molar-refractivity contribution in [3.05, 3.63) is 35.4 Å². The highest BCUT2D eigenvalue weighted by Gasteiger charge is 2.25. The van der Waals surface area contributed by atoms with Crippen molar-refractivity contribution < 1.29 is 9.59 Å². The average Bonchev–Trinajstić information content (AvgIpc) is 2.50. The van der Waals surface area contributed by atoms with Gasteiger partial charge in [-0.05, 0) is 31.4 Å². The Kier molecular flexibility index (Phi) is 6.92. The molecule has 1 aromatic rings. The Balaban J connectivity index is 2.88. The molecule has 0 saturated heterocycles. The maximum Gasteiger partial charge on any atom is 0.242 e. The van der Waals surface area contributed by atoms with Gasteiger partial charge in [-0.25, -0.2) is 0 Å². The molecule has 0 aromatic heterocycles. The third-order valence-electron chi connectivity index (χ3n) is 3.62. The first-order chi connectivity index (χ1) is 10.0. The molecule has 0 spiro atoms. The Morgan fingerprint density at radius 3 is 2.48 bits per heavy atom. The summed E-state index contributed by atoms with van der Waals surface area (Å²) in [4.78, 5) is 26.0. The summed E-state index contributed by atoms with van der Waals surface area (Å²) in [5, 5.41) is 2.86. The van der Waals surface area contributed by atoms with Crippen LogP contribution in [0.25, 0.3) is 0 Å². The van der Waals surface area contributed by atoms with Gasteiger partial charge in [0.1, 0.15) is 6.04 Å². The Bertz CT molecular complexity index is 485. The summed E-state index contributed by atoms with van der Waals surface area (Å²) >= 11 is 0. The molecule has 1 rings (SSSR count). The Morgan fingerprint density at radius 2 is 1.90 bits per heavy atom. The lowest BCUT2D eigenvalue weighted by molar-refractivity contribution is -0.140. The number of hydrogen-bond acceptors (Lipinski definition) is 2. The molecule has 0 fully saturated rings. The largest absolute Gasteiger partial charge is 0.354 e. The van der Waals surface area contributed by atoms with Crippen molar-refractivity contribution in [2.75, 3.05) is 6.54 Å². The van der Waals surface area contributed by atoms with E-state index in [0.29, 0.717) is 19.5 Å². The summed E-state index contributed by atoms with van der Waals surface area (Å²) in [5.41, 5.74) is 2.21. The highest BCUT2D eigenvalue weighted by molar-refractivity contribution is 5.87. The van der Waals surface area contributed by atoms with Crippen molar-refractivity contribution in [1.29, 1.82) is 0 Å². The second-order valence-corrected chi connectivity index (χ2v) is 5.27. The van der Waals surface area contributed by atoms with E-state index in [0.717, 1.165) is 17.5 Å². The van der Waals surface area contributed by atoms with E-state index < -0.39 is 6.04 Å². The first kappa shape index (κ1) is 17.2. The zero-order valence-corrected chi connectivity index (χ0v) is 13.5. The molecule has 1 N–H and O–H groups in total. The number of rotatable bonds is 7. The molecule has 4 heteroatoms. The number of nitrogens with one attached hydrogen (secondary N) is 1. The van der Waals surface area contributed by atoms with Crippen molar-refractivity contribution in [3.63, 3.8) is 0 Å². The molecule has 1 atom stereocenters. The summed E-state index contributed by atoms with van der Waals surface area (Å²) in [6.07, 6.45) is 1.29. The molecular weight excluding hydrogens is 264 g/mol. The van der Waals surface area contributed by atoms with E-state index in [1.54, 1.807) is 11.8 Å². The molecule has 0 radical (unpaired) electrons. The Hall–Kier alpha value is -1.84. The number of carbonyl (C=O) groups is 2. The zero-order chi connectivity index (χ0) is 15.8. The SMILES string of the molecule is CCCNC(=O)[C@@H](C)N(Cc1ccccc1C)C(=O)CC. The van der Waals surface area contributed by atoms with Gasteiger partial charge in [0.05, 0.1) is 0 Å². The molecule has 0 aliphatic heterocycles. The van der Waals surface area contributed by atoms with E-state index in [2.05, 4.69) is 5.32 Å². The van der Waals surface area contributed by atoms with Crippen LogP contribution in [0, 0.1) is 6.92 Å². The smallest absolute Gasteiger partial charge is 0.242 e. The lowest BCUT2D eigenvalue weighted by Gasteiger charge is -2.29. The van der Waals surface area contributed by atoms with Gasteiger partial charge in [0.2, 0.25) is 11.8 Å². The van der Waals surface area contributed by atoms with Crippen molar-refractivity contribution in [3.8, 4) is 0 Å². The van der Waals surface area contributed by atoms with E-state index in [1.165, 1.54) is 0 Å². The minimum Gasteiger partial charge on any atom is -0.354 e. The van der Waals surface area contributed by atoms with E-state index >= 15 is 0 Å². The normalized spacial score (nSPS) is 11.8. The third kappa shape index (κ3) is 4.88. The summed E-state index contributed by atoms with van der Waals surface area (Å²) in [6, 6.07) is 7.50. The van der Waals surface area contributed by atoms with Gasteiger partial charge in [-0.1, -0.05) is 38.1 Å². The van der Waals surface area contributed by atoms with Crippen LogP contribution in [-0.2, 0) is 16.1 Å². The van der Waals surface area contributed by atoms with Crippen LogP contribution in [0.4, 0.5) is 0 Å². The van der Waals surface area contributed by atoms with Crippen molar-refractivity contribution >= 4 is 11.8 Å². The molecular formula is C17H26N2O2. The zero-order valence-electron chi connectivity index (χ0n) is 13.5. The monoisotopic (exact) mass is 290 g/mol. The van der Waals surface area contributed by atoms with Crippen LogP contribution in [0.15, 0.2) is 24.3 Å². The van der Waals surface area contributed by atoms with Crippen LogP contribution < -0.4 is 5.32 Å². The highest BCUT2D eigenvalue weighted by Crippen LogP contribution is 2.14. The molecule has 0 aliphatic rings.